The van der Waals surface area contributed by atoms with Gasteiger partial charge in [0.25, 0.3) is 5.69 Å². The Morgan fingerprint density at radius 1 is 1.36 bits per heavy atom. The molecule has 1 aromatic rings. The fourth-order valence-electron chi connectivity index (χ4n) is 4.06. The van der Waals surface area contributed by atoms with E-state index in [1.807, 2.05) is 0 Å². The van der Waals surface area contributed by atoms with Crippen molar-refractivity contribution in [2.75, 3.05) is 5.32 Å². The van der Waals surface area contributed by atoms with Gasteiger partial charge in [-0.05, 0) is 42.7 Å². The number of nitro benzene ring substituents is 1. The van der Waals surface area contributed by atoms with Crippen LogP contribution in [-0.2, 0) is 4.79 Å². The monoisotopic (exact) mass is 300 g/mol. The van der Waals surface area contributed by atoms with Crippen LogP contribution in [-0.4, -0.2) is 10.8 Å². The van der Waals surface area contributed by atoms with Gasteiger partial charge in [0.1, 0.15) is 0 Å². The first-order chi connectivity index (χ1) is 10.3. The highest BCUT2D eigenvalue weighted by Gasteiger charge is 2.60. The van der Waals surface area contributed by atoms with Crippen molar-refractivity contribution in [2.24, 2.45) is 16.7 Å². The van der Waals surface area contributed by atoms with E-state index in [1.165, 1.54) is 12.1 Å². The van der Waals surface area contributed by atoms with Crippen LogP contribution in [0.4, 0.5) is 11.4 Å². The van der Waals surface area contributed by atoms with Gasteiger partial charge in [-0.15, -0.1) is 0 Å². The van der Waals surface area contributed by atoms with E-state index in [0.29, 0.717) is 11.6 Å². The van der Waals surface area contributed by atoms with E-state index < -0.39 is 10.3 Å². The summed E-state index contributed by atoms with van der Waals surface area (Å²) in [7, 11) is 0. The minimum Gasteiger partial charge on any atom is -0.325 e. The summed E-state index contributed by atoms with van der Waals surface area (Å²) in [5.41, 5.74) is 1.16. The SMILES string of the molecule is C=C1C(C)(C)[C@@H]2CC[C@@]1(C(=O)Nc1ccc([N+](=O)[O-])cc1)C2. The highest BCUT2D eigenvalue weighted by atomic mass is 16.6. The zero-order chi connectivity index (χ0) is 16.1. The van der Waals surface area contributed by atoms with Crippen molar-refractivity contribution in [2.45, 2.75) is 33.1 Å². The second-order valence-corrected chi connectivity index (χ2v) is 6.98. The van der Waals surface area contributed by atoms with E-state index in [2.05, 4.69) is 25.7 Å². The standard InChI is InChI=1S/C17H20N2O3/c1-11-16(2,3)12-8-9-17(11,10-12)15(20)18-13-4-6-14(7-5-13)19(21)22/h4-7,12H,1,8-10H2,2-3H3,(H,18,20)/t12-,17-/m1/s1. The van der Waals surface area contributed by atoms with Crippen molar-refractivity contribution in [3.05, 3.63) is 46.5 Å². The molecule has 2 saturated carbocycles. The summed E-state index contributed by atoms with van der Waals surface area (Å²) in [5.74, 6) is 0.488. The van der Waals surface area contributed by atoms with Gasteiger partial charge in [-0.1, -0.05) is 26.0 Å². The maximum Gasteiger partial charge on any atom is 0.269 e. The number of fused-ring (bicyclic) bond motifs is 2. The molecule has 0 heterocycles. The van der Waals surface area contributed by atoms with E-state index in [4.69, 9.17) is 0 Å². The molecule has 1 N–H and O–H groups in total. The highest BCUT2D eigenvalue weighted by Crippen LogP contribution is 2.65. The zero-order valence-electron chi connectivity index (χ0n) is 12.9. The van der Waals surface area contributed by atoms with Crippen LogP contribution < -0.4 is 5.32 Å². The number of nitro groups is 1. The van der Waals surface area contributed by atoms with Crippen molar-refractivity contribution in [3.63, 3.8) is 0 Å². The van der Waals surface area contributed by atoms with Crippen LogP contribution >= 0.6 is 0 Å². The molecule has 0 spiro atoms. The number of carbonyl (C=O) groups excluding carboxylic acids is 1. The maximum atomic E-state index is 12.8. The second-order valence-electron chi connectivity index (χ2n) is 6.98. The number of anilines is 1. The molecule has 2 aliphatic rings. The van der Waals surface area contributed by atoms with Crippen LogP contribution in [0.3, 0.4) is 0 Å². The number of amides is 1. The number of carbonyl (C=O) groups is 1. The van der Waals surface area contributed by atoms with Crippen molar-refractivity contribution >= 4 is 17.3 Å². The van der Waals surface area contributed by atoms with Gasteiger partial charge >= 0.3 is 0 Å². The van der Waals surface area contributed by atoms with Crippen LogP contribution in [0.1, 0.15) is 33.1 Å². The van der Waals surface area contributed by atoms with Gasteiger partial charge in [0.05, 0.1) is 10.3 Å². The lowest BCUT2D eigenvalue weighted by Gasteiger charge is -2.37. The van der Waals surface area contributed by atoms with E-state index in [-0.39, 0.29) is 17.0 Å². The predicted octanol–water partition coefficient (Wildman–Crippen LogP) is 3.92. The van der Waals surface area contributed by atoms with E-state index in [0.717, 1.165) is 24.8 Å². The topological polar surface area (TPSA) is 72.2 Å². The lowest BCUT2D eigenvalue weighted by atomic mass is 9.68. The molecule has 22 heavy (non-hydrogen) atoms. The summed E-state index contributed by atoms with van der Waals surface area (Å²) < 4.78 is 0. The molecule has 1 amide bonds. The first-order valence-corrected chi connectivity index (χ1v) is 7.53. The summed E-state index contributed by atoms with van der Waals surface area (Å²) >= 11 is 0. The van der Waals surface area contributed by atoms with E-state index >= 15 is 0 Å². The Morgan fingerprint density at radius 3 is 2.50 bits per heavy atom. The van der Waals surface area contributed by atoms with Gasteiger partial charge in [0, 0.05) is 17.8 Å². The minimum atomic E-state index is -0.476. The zero-order valence-corrected chi connectivity index (χ0v) is 12.9. The van der Waals surface area contributed by atoms with Crippen LogP contribution in [0, 0.1) is 26.9 Å². The molecule has 2 atom stereocenters. The summed E-state index contributed by atoms with van der Waals surface area (Å²) in [4.78, 5) is 23.0. The summed E-state index contributed by atoms with van der Waals surface area (Å²) in [6.07, 6.45) is 2.76. The van der Waals surface area contributed by atoms with Gasteiger partial charge in [0.2, 0.25) is 5.91 Å². The first kappa shape index (κ1) is 14.8. The number of nitrogens with zero attached hydrogens (tertiary/aromatic N) is 1. The lowest BCUT2D eigenvalue weighted by molar-refractivity contribution is -0.384. The number of benzene rings is 1. The Bertz CT molecular complexity index is 663. The quantitative estimate of drug-likeness (QED) is 0.522. The molecule has 0 aromatic heterocycles. The largest absolute Gasteiger partial charge is 0.325 e. The molecule has 2 fully saturated rings. The molecule has 0 aliphatic heterocycles. The van der Waals surface area contributed by atoms with Crippen molar-refractivity contribution in [3.8, 4) is 0 Å². The van der Waals surface area contributed by atoms with Crippen molar-refractivity contribution in [1.82, 2.24) is 0 Å². The Labute approximate surface area is 129 Å². The fourth-order valence-corrected chi connectivity index (χ4v) is 4.06. The van der Waals surface area contributed by atoms with Crippen molar-refractivity contribution < 1.29 is 9.72 Å². The molecule has 2 aliphatic carbocycles. The van der Waals surface area contributed by atoms with Gasteiger partial charge in [-0.25, -0.2) is 0 Å². The van der Waals surface area contributed by atoms with Crippen LogP contribution in [0.25, 0.3) is 0 Å². The summed E-state index contributed by atoms with van der Waals surface area (Å²) in [6, 6.07) is 5.94. The number of hydrogen-bond acceptors (Lipinski definition) is 3. The fraction of sp³-hybridized carbons (Fsp3) is 0.471. The maximum absolute atomic E-state index is 12.8. The predicted molar refractivity (Wildman–Crippen MR) is 84.4 cm³/mol. The first-order valence-electron chi connectivity index (χ1n) is 7.53. The molecule has 116 valence electrons. The number of nitrogens with one attached hydrogen (secondary N) is 1. The average Bonchev–Trinajstić information content (AvgIpc) is 3.00. The third kappa shape index (κ3) is 1.95. The Morgan fingerprint density at radius 2 is 2.00 bits per heavy atom. The van der Waals surface area contributed by atoms with Gasteiger partial charge in [-0.3, -0.25) is 14.9 Å². The van der Waals surface area contributed by atoms with E-state index in [9.17, 15) is 14.9 Å². The molecule has 3 rings (SSSR count). The molecule has 5 nitrogen and oxygen atoms in total. The van der Waals surface area contributed by atoms with Gasteiger partial charge in [-0.2, -0.15) is 0 Å². The number of non-ortho nitro benzene ring substituents is 1. The van der Waals surface area contributed by atoms with Crippen LogP contribution in [0.5, 0.6) is 0 Å². The minimum absolute atomic E-state index is 0.00502. The molecule has 0 saturated heterocycles. The molecule has 1 aromatic carbocycles. The third-order valence-electron chi connectivity index (χ3n) is 5.66. The molecule has 5 heteroatoms. The summed E-state index contributed by atoms with van der Waals surface area (Å²) in [5, 5.41) is 13.6. The Balaban J connectivity index is 1.80. The van der Waals surface area contributed by atoms with E-state index in [1.54, 1.807) is 12.1 Å². The number of hydrogen-bond donors (Lipinski definition) is 1. The molecular weight excluding hydrogens is 280 g/mol. The van der Waals surface area contributed by atoms with Crippen molar-refractivity contribution in [1.29, 1.82) is 0 Å². The molecule has 2 bridgehead atoms. The van der Waals surface area contributed by atoms with Crippen LogP contribution in [0.15, 0.2) is 36.4 Å². The smallest absolute Gasteiger partial charge is 0.269 e. The van der Waals surface area contributed by atoms with Gasteiger partial charge in [0.15, 0.2) is 0 Å². The van der Waals surface area contributed by atoms with Gasteiger partial charge < -0.3 is 5.32 Å². The highest BCUT2D eigenvalue weighted by molar-refractivity contribution is 5.98. The molecular formula is C17H20N2O3. The molecule has 0 radical (unpaired) electrons. The lowest BCUT2D eigenvalue weighted by Crippen LogP contribution is -2.37. The third-order valence-corrected chi connectivity index (χ3v) is 5.66. The summed E-state index contributed by atoms with van der Waals surface area (Å²) in [6.45, 7) is 8.55. The Kier molecular flexibility index (Phi) is 3.13. The average molecular weight is 300 g/mol. The number of rotatable bonds is 3. The van der Waals surface area contributed by atoms with Crippen LogP contribution in [0.2, 0.25) is 0 Å². The Hall–Kier alpha value is -2.17. The normalized spacial score (nSPS) is 28.6. The molecule has 0 unspecified atom stereocenters. The second kappa shape index (κ2) is 4.66.